The number of nitrogens with zero attached hydrogens (tertiary/aromatic N) is 2. The van der Waals surface area contributed by atoms with Crippen LogP contribution in [-0.2, 0) is 21.4 Å². The number of carbonyl (C=O) groups is 1. The Morgan fingerprint density at radius 3 is 2.21 bits per heavy atom. The molecule has 0 atom stereocenters. The number of benzene rings is 2. The van der Waals surface area contributed by atoms with E-state index in [-0.39, 0.29) is 29.7 Å². The second-order valence-electron chi connectivity index (χ2n) is 7.15. The standard InChI is InChI=1S/C21H25FN2O3S/c1-17-5-11-20(12-6-17)28(26,27)24(15-18-7-9-19(22)10-8-18)16-21(25)23-13-3-2-4-14-23/h5-12H,2-4,13-16H2,1H3. The number of sulfonamides is 1. The number of amides is 1. The highest BCUT2D eigenvalue weighted by Crippen LogP contribution is 2.20. The van der Waals surface area contributed by atoms with Crippen LogP contribution in [-0.4, -0.2) is 43.2 Å². The van der Waals surface area contributed by atoms with Gasteiger partial charge in [-0.2, -0.15) is 4.31 Å². The maximum absolute atomic E-state index is 13.2. The highest BCUT2D eigenvalue weighted by molar-refractivity contribution is 7.89. The molecule has 1 aliphatic heterocycles. The van der Waals surface area contributed by atoms with Gasteiger partial charge >= 0.3 is 0 Å². The van der Waals surface area contributed by atoms with Crippen molar-refractivity contribution in [2.45, 2.75) is 37.6 Å². The molecule has 0 spiro atoms. The quantitative estimate of drug-likeness (QED) is 0.742. The van der Waals surface area contributed by atoms with Gasteiger partial charge in [-0.1, -0.05) is 29.8 Å². The predicted octanol–water partition coefficient (Wildman–Crippen LogP) is 3.34. The summed E-state index contributed by atoms with van der Waals surface area (Å²) in [5.41, 5.74) is 1.58. The largest absolute Gasteiger partial charge is 0.342 e. The normalized spacial score (nSPS) is 15.0. The number of carbonyl (C=O) groups excluding carboxylic acids is 1. The maximum atomic E-state index is 13.2. The Kier molecular flexibility index (Phi) is 6.46. The second-order valence-corrected chi connectivity index (χ2v) is 9.09. The molecule has 0 radical (unpaired) electrons. The van der Waals surface area contributed by atoms with Crippen LogP contribution < -0.4 is 0 Å². The van der Waals surface area contributed by atoms with Crippen LogP contribution in [0.5, 0.6) is 0 Å². The highest BCUT2D eigenvalue weighted by atomic mass is 32.2. The smallest absolute Gasteiger partial charge is 0.243 e. The SMILES string of the molecule is Cc1ccc(S(=O)(=O)N(CC(=O)N2CCCCC2)Cc2ccc(F)cc2)cc1. The Bertz CT molecular complexity index is 906. The Hall–Kier alpha value is -2.25. The first-order valence-corrected chi connectivity index (χ1v) is 10.9. The van der Waals surface area contributed by atoms with Crippen LogP contribution >= 0.6 is 0 Å². The molecule has 5 nitrogen and oxygen atoms in total. The number of piperidine rings is 1. The van der Waals surface area contributed by atoms with E-state index < -0.39 is 10.0 Å². The van der Waals surface area contributed by atoms with Crippen molar-refractivity contribution in [1.29, 1.82) is 0 Å². The van der Waals surface area contributed by atoms with Crippen LogP contribution in [0.4, 0.5) is 4.39 Å². The van der Waals surface area contributed by atoms with E-state index in [4.69, 9.17) is 0 Å². The Morgan fingerprint density at radius 1 is 1.00 bits per heavy atom. The van der Waals surface area contributed by atoms with Gasteiger partial charge in [0.25, 0.3) is 0 Å². The Morgan fingerprint density at radius 2 is 1.61 bits per heavy atom. The van der Waals surface area contributed by atoms with E-state index in [1.54, 1.807) is 41.3 Å². The molecule has 2 aromatic carbocycles. The molecule has 3 rings (SSSR count). The molecule has 1 aliphatic rings. The van der Waals surface area contributed by atoms with Crippen LogP contribution in [0.3, 0.4) is 0 Å². The molecule has 2 aromatic rings. The summed E-state index contributed by atoms with van der Waals surface area (Å²) >= 11 is 0. The highest BCUT2D eigenvalue weighted by Gasteiger charge is 2.29. The number of halogens is 1. The van der Waals surface area contributed by atoms with E-state index in [9.17, 15) is 17.6 Å². The summed E-state index contributed by atoms with van der Waals surface area (Å²) in [5, 5.41) is 0. The summed E-state index contributed by atoms with van der Waals surface area (Å²) in [6.07, 6.45) is 2.97. The summed E-state index contributed by atoms with van der Waals surface area (Å²) < 4.78 is 40.8. The van der Waals surface area contributed by atoms with Gasteiger partial charge in [-0.25, -0.2) is 12.8 Å². The molecule has 0 unspecified atom stereocenters. The molecule has 0 bridgehead atoms. The monoisotopic (exact) mass is 404 g/mol. The number of hydrogen-bond donors (Lipinski definition) is 0. The van der Waals surface area contributed by atoms with Gasteiger partial charge in [0.05, 0.1) is 11.4 Å². The minimum Gasteiger partial charge on any atom is -0.342 e. The summed E-state index contributed by atoms with van der Waals surface area (Å²) in [4.78, 5) is 14.6. The van der Waals surface area contributed by atoms with Gasteiger partial charge in [-0.15, -0.1) is 0 Å². The number of hydrogen-bond acceptors (Lipinski definition) is 3. The van der Waals surface area contributed by atoms with Crippen molar-refractivity contribution in [1.82, 2.24) is 9.21 Å². The maximum Gasteiger partial charge on any atom is 0.243 e. The number of aryl methyl sites for hydroxylation is 1. The van der Waals surface area contributed by atoms with E-state index >= 15 is 0 Å². The van der Waals surface area contributed by atoms with Crippen LogP contribution in [0.15, 0.2) is 53.4 Å². The van der Waals surface area contributed by atoms with Crippen molar-refractivity contribution < 1.29 is 17.6 Å². The molecular weight excluding hydrogens is 379 g/mol. The zero-order valence-electron chi connectivity index (χ0n) is 16.0. The average Bonchev–Trinajstić information content (AvgIpc) is 2.70. The lowest BCUT2D eigenvalue weighted by Crippen LogP contribution is -2.44. The molecule has 0 aromatic heterocycles. The van der Waals surface area contributed by atoms with Crippen molar-refractivity contribution in [2.24, 2.45) is 0 Å². The van der Waals surface area contributed by atoms with E-state index in [2.05, 4.69) is 0 Å². The predicted molar refractivity (Wildman–Crippen MR) is 106 cm³/mol. The lowest BCUT2D eigenvalue weighted by Gasteiger charge is -2.29. The van der Waals surface area contributed by atoms with Gasteiger partial charge < -0.3 is 4.90 Å². The second kappa shape index (κ2) is 8.84. The fraction of sp³-hybridized carbons (Fsp3) is 0.381. The Balaban J connectivity index is 1.87. The minimum atomic E-state index is -3.87. The van der Waals surface area contributed by atoms with Crippen LogP contribution in [0.25, 0.3) is 0 Å². The van der Waals surface area contributed by atoms with Crippen molar-refractivity contribution in [3.05, 3.63) is 65.5 Å². The molecule has 0 aliphatic carbocycles. The molecule has 28 heavy (non-hydrogen) atoms. The summed E-state index contributed by atoms with van der Waals surface area (Å²) in [6.45, 7) is 2.98. The van der Waals surface area contributed by atoms with Gasteiger partial charge in [-0.05, 0) is 56.0 Å². The minimum absolute atomic E-state index is 0.00999. The summed E-state index contributed by atoms with van der Waals surface area (Å²) in [6, 6.07) is 12.2. The van der Waals surface area contributed by atoms with E-state index in [1.165, 1.54) is 16.4 Å². The van der Waals surface area contributed by atoms with Gasteiger partial charge in [0.2, 0.25) is 15.9 Å². The summed E-state index contributed by atoms with van der Waals surface area (Å²) in [7, 11) is -3.87. The summed E-state index contributed by atoms with van der Waals surface area (Å²) in [5.74, 6) is -0.585. The van der Waals surface area contributed by atoms with E-state index in [0.717, 1.165) is 24.8 Å². The molecular formula is C21H25FN2O3S. The molecule has 1 heterocycles. The topological polar surface area (TPSA) is 57.7 Å². The van der Waals surface area contributed by atoms with Gasteiger partial charge in [0.15, 0.2) is 0 Å². The van der Waals surface area contributed by atoms with Crippen LogP contribution in [0.2, 0.25) is 0 Å². The molecule has 1 fully saturated rings. The molecule has 1 saturated heterocycles. The molecule has 150 valence electrons. The molecule has 0 saturated carbocycles. The number of rotatable bonds is 6. The van der Waals surface area contributed by atoms with Crippen molar-refractivity contribution in [2.75, 3.05) is 19.6 Å². The first-order chi connectivity index (χ1) is 13.4. The molecule has 0 N–H and O–H groups in total. The Labute approximate surface area is 165 Å². The third kappa shape index (κ3) is 4.97. The van der Waals surface area contributed by atoms with Crippen molar-refractivity contribution in [3.8, 4) is 0 Å². The van der Waals surface area contributed by atoms with E-state index in [0.29, 0.717) is 18.7 Å². The average molecular weight is 405 g/mol. The van der Waals surface area contributed by atoms with Crippen molar-refractivity contribution in [3.63, 3.8) is 0 Å². The first kappa shape index (κ1) is 20.5. The first-order valence-electron chi connectivity index (χ1n) is 9.45. The van der Waals surface area contributed by atoms with Crippen LogP contribution in [0, 0.1) is 12.7 Å². The van der Waals surface area contributed by atoms with E-state index in [1.807, 2.05) is 6.92 Å². The van der Waals surface area contributed by atoms with Crippen molar-refractivity contribution >= 4 is 15.9 Å². The zero-order valence-corrected chi connectivity index (χ0v) is 16.8. The lowest BCUT2D eigenvalue weighted by atomic mass is 10.1. The van der Waals surface area contributed by atoms with Gasteiger partial charge in [-0.3, -0.25) is 4.79 Å². The van der Waals surface area contributed by atoms with Gasteiger partial charge in [0, 0.05) is 19.6 Å². The fourth-order valence-electron chi connectivity index (χ4n) is 3.27. The zero-order chi connectivity index (χ0) is 20.1. The lowest BCUT2D eigenvalue weighted by molar-refractivity contribution is -0.132. The third-order valence-corrected chi connectivity index (χ3v) is 6.76. The molecule has 7 heteroatoms. The number of likely N-dealkylation sites (tertiary alicyclic amines) is 1. The van der Waals surface area contributed by atoms with Crippen LogP contribution in [0.1, 0.15) is 30.4 Å². The third-order valence-electron chi connectivity index (χ3n) is 4.95. The van der Waals surface area contributed by atoms with Gasteiger partial charge in [0.1, 0.15) is 5.82 Å². The fourth-order valence-corrected chi connectivity index (χ4v) is 4.65. The molecule has 1 amide bonds.